The van der Waals surface area contributed by atoms with Crippen molar-refractivity contribution >= 4 is 100 Å². The Hall–Kier alpha value is -7.28. The molecule has 0 amide bonds. The molecule has 5 heterocycles. The molecule has 262 valence electrons. The zero-order valence-electron chi connectivity index (χ0n) is 30.2. The number of nitrogens with zero attached hydrogens (tertiary/aromatic N) is 4. The van der Waals surface area contributed by atoms with Crippen molar-refractivity contribution in [3.8, 4) is 5.69 Å². The van der Waals surface area contributed by atoms with Gasteiger partial charge in [-0.1, -0.05) is 127 Å². The molecule has 0 aliphatic carbocycles. The van der Waals surface area contributed by atoms with Gasteiger partial charge in [0.05, 0.1) is 11.0 Å². The van der Waals surface area contributed by atoms with Gasteiger partial charge in [0.15, 0.2) is 8.07 Å². The highest BCUT2D eigenvalue weighted by atomic mass is 28.3. The third-order valence-corrected chi connectivity index (χ3v) is 16.5. The lowest BCUT2D eigenvalue weighted by Gasteiger charge is -2.35. The second kappa shape index (κ2) is 11.9. The highest BCUT2D eigenvalue weighted by Crippen LogP contribution is 2.40. The van der Waals surface area contributed by atoms with Gasteiger partial charge in [-0.2, -0.15) is 0 Å². The maximum absolute atomic E-state index is 6.38. The number of rotatable bonds is 5. The molecule has 0 saturated heterocycles. The van der Waals surface area contributed by atoms with Crippen LogP contribution in [-0.2, 0) is 0 Å². The van der Waals surface area contributed by atoms with Gasteiger partial charge in [0.25, 0.3) is 0 Å². The monoisotopic (exact) mass is 732 g/mol. The lowest BCUT2D eigenvalue weighted by Crippen LogP contribution is -2.74. The first-order valence-corrected chi connectivity index (χ1v) is 21.0. The van der Waals surface area contributed by atoms with Crippen LogP contribution in [0.25, 0.3) is 76.9 Å². The minimum Gasteiger partial charge on any atom is -0.456 e. The Labute approximate surface area is 322 Å². The van der Waals surface area contributed by atoms with Crippen LogP contribution < -0.4 is 20.7 Å². The lowest BCUT2D eigenvalue weighted by atomic mass is 10.1. The molecule has 0 atom stereocenters. The van der Waals surface area contributed by atoms with E-state index in [0.29, 0.717) is 0 Å². The van der Waals surface area contributed by atoms with E-state index >= 15 is 0 Å². The minimum absolute atomic E-state index is 0.880. The van der Waals surface area contributed by atoms with Crippen LogP contribution in [0.2, 0.25) is 0 Å². The second-order valence-electron chi connectivity index (χ2n) is 14.6. The van der Waals surface area contributed by atoms with E-state index in [2.05, 4.69) is 173 Å². The number of hydrogen-bond acceptors (Lipinski definition) is 3. The van der Waals surface area contributed by atoms with E-state index in [4.69, 9.17) is 14.4 Å². The molecule has 0 aliphatic rings. The Balaban J connectivity index is 1.19. The lowest BCUT2D eigenvalue weighted by molar-refractivity contribution is 0.669. The fourth-order valence-electron chi connectivity index (χ4n) is 9.47. The molecule has 0 N–H and O–H groups in total. The van der Waals surface area contributed by atoms with Crippen molar-refractivity contribution in [2.45, 2.75) is 0 Å². The van der Waals surface area contributed by atoms with Crippen molar-refractivity contribution in [3.05, 3.63) is 195 Å². The Morgan fingerprint density at radius 2 is 1.11 bits per heavy atom. The highest BCUT2D eigenvalue weighted by molar-refractivity contribution is 7.20. The quantitative estimate of drug-likeness (QED) is 0.101. The molecule has 6 heteroatoms. The van der Waals surface area contributed by atoms with Crippen LogP contribution in [0.5, 0.6) is 0 Å². The fourth-order valence-corrected chi connectivity index (χ4v) is 14.3. The first-order valence-electron chi connectivity index (χ1n) is 19.0. The Bertz CT molecular complexity index is 3450. The minimum atomic E-state index is -2.99. The van der Waals surface area contributed by atoms with E-state index < -0.39 is 8.07 Å². The average Bonchev–Trinajstić information content (AvgIpc) is 4.00. The van der Waals surface area contributed by atoms with E-state index in [-0.39, 0.29) is 0 Å². The number of furan rings is 1. The van der Waals surface area contributed by atoms with Gasteiger partial charge in [0, 0.05) is 56.6 Å². The molecule has 0 unspecified atom stereocenters. The van der Waals surface area contributed by atoms with E-state index in [1.807, 2.05) is 30.6 Å². The molecular formula is C50H32N4OSi. The van der Waals surface area contributed by atoms with E-state index in [1.54, 1.807) is 0 Å². The van der Waals surface area contributed by atoms with Gasteiger partial charge in [0.2, 0.25) is 0 Å². The number of hydrogen-bond donors (Lipinski definition) is 0. The van der Waals surface area contributed by atoms with Crippen molar-refractivity contribution in [3.63, 3.8) is 0 Å². The van der Waals surface area contributed by atoms with E-state index in [1.165, 1.54) is 31.5 Å². The number of imidazole rings is 1. The summed E-state index contributed by atoms with van der Waals surface area (Å²) in [7, 11) is -2.99. The summed E-state index contributed by atoms with van der Waals surface area (Å²) >= 11 is 0. The summed E-state index contributed by atoms with van der Waals surface area (Å²) in [4.78, 5) is 9.99. The van der Waals surface area contributed by atoms with Crippen LogP contribution in [0.3, 0.4) is 0 Å². The summed E-state index contributed by atoms with van der Waals surface area (Å²) in [6, 6.07) is 64.1. The molecule has 7 aromatic carbocycles. The normalized spacial score (nSPS) is 12.3. The molecule has 56 heavy (non-hydrogen) atoms. The largest absolute Gasteiger partial charge is 0.456 e. The summed E-state index contributed by atoms with van der Waals surface area (Å²) in [6.45, 7) is 0. The van der Waals surface area contributed by atoms with Gasteiger partial charge in [-0.25, -0.2) is 9.97 Å². The third-order valence-electron chi connectivity index (χ3n) is 11.8. The molecule has 12 aromatic rings. The fraction of sp³-hybridized carbons (Fsp3) is 0. The standard InChI is InChI=1S/C50H32N4OSi/c1-3-14-34(15-4-1)56(35-16-5-2-6-17-35,37-24-25-38-39-19-7-9-22-43(39)53-30-29-52-49(53)42(38)32-37)36-18-11-13-33(31-36)54-44-26-27-46-48(40-20-8-10-23-45(40)55-46)47(44)41-21-12-28-51-50(41)54/h1-32H. The topological polar surface area (TPSA) is 48.3 Å². The van der Waals surface area contributed by atoms with Crippen LogP contribution in [0.1, 0.15) is 0 Å². The Morgan fingerprint density at radius 3 is 1.95 bits per heavy atom. The summed E-state index contributed by atoms with van der Waals surface area (Å²) in [5.41, 5.74) is 6.98. The summed E-state index contributed by atoms with van der Waals surface area (Å²) in [6.07, 6.45) is 5.89. The predicted octanol–water partition coefficient (Wildman–Crippen LogP) is 9.41. The zero-order chi connectivity index (χ0) is 36.8. The molecule has 0 radical (unpaired) electrons. The first-order chi connectivity index (χ1) is 27.8. The molecule has 0 bridgehead atoms. The molecule has 0 fully saturated rings. The molecule has 0 saturated carbocycles. The van der Waals surface area contributed by atoms with E-state index in [0.717, 1.165) is 66.1 Å². The van der Waals surface area contributed by atoms with E-state index in [9.17, 15) is 0 Å². The van der Waals surface area contributed by atoms with Crippen molar-refractivity contribution in [1.29, 1.82) is 0 Å². The van der Waals surface area contributed by atoms with Crippen LogP contribution in [-0.4, -0.2) is 27.0 Å². The zero-order valence-corrected chi connectivity index (χ0v) is 31.2. The summed E-state index contributed by atoms with van der Waals surface area (Å²) in [5.74, 6) is 0. The first kappa shape index (κ1) is 31.1. The van der Waals surface area contributed by atoms with Crippen LogP contribution in [0.15, 0.2) is 199 Å². The third kappa shape index (κ3) is 4.24. The summed E-state index contributed by atoms with van der Waals surface area (Å²) in [5, 5.41) is 13.3. The maximum Gasteiger partial charge on any atom is 0.179 e. The molecular weight excluding hydrogens is 701 g/mol. The van der Waals surface area contributed by atoms with Gasteiger partial charge in [-0.05, 0) is 74.7 Å². The maximum atomic E-state index is 6.38. The number of aromatic nitrogens is 4. The van der Waals surface area contributed by atoms with Gasteiger partial charge < -0.3 is 4.42 Å². The van der Waals surface area contributed by atoms with Gasteiger partial charge in [-0.15, -0.1) is 0 Å². The SMILES string of the molecule is c1ccc([Si](c2ccccc2)(c2cccc(-n3c4ccc5oc6ccccc6c5c4c4cccnc43)c2)c2ccc3c4ccccc4n4ccnc4c3c2)cc1. The van der Waals surface area contributed by atoms with Crippen molar-refractivity contribution in [2.24, 2.45) is 0 Å². The van der Waals surface area contributed by atoms with Gasteiger partial charge in [-0.3, -0.25) is 8.97 Å². The highest BCUT2D eigenvalue weighted by Gasteiger charge is 2.42. The Kier molecular flexibility index (Phi) is 6.59. The molecule has 5 nitrogen and oxygen atoms in total. The number of fused-ring (bicyclic) bond motifs is 13. The molecule has 0 aliphatic heterocycles. The van der Waals surface area contributed by atoms with Crippen LogP contribution in [0.4, 0.5) is 0 Å². The molecule has 0 spiro atoms. The predicted molar refractivity (Wildman–Crippen MR) is 233 cm³/mol. The van der Waals surface area contributed by atoms with Crippen LogP contribution >= 0.6 is 0 Å². The number of pyridine rings is 2. The van der Waals surface area contributed by atoms with Gasteiger partial charge in [0.1, 0.15) is 22.5 Å². The number of benzene rings is 7. The second-order valence-corrected chi connectivity index (χ2v) is 18.4. The van der Waals surface area contributed by atoms with Crippen LogP contribution in [0, 0.1) is 0 Å². The average molecular weight is 733 g/mol. The van der Waals surface area contributed by atoms with Crippen molar-refractivity contribution < 1.29 is 4.42 Å². The molecule has 12 rings (SSSR count). The van der Waals surface area contributed by atoms with Gasteiger partial charge >= 0.3 is 0 Å². The van der Waals surface area contributed by atoms with Crippen molar-refractivity contribution in [2.75, 3.05) is 0 Å². The molecule has 5 aromatic heterocycles. The summed E-state index contributed by atoms with van der Waals surface area (Å²) < 4.78 is 10.9. The smallest absolute Gasteiger partial charge is 0.179 e. The Morgan fingerprint density at radius 1 is 0.411 bits per heavy atom. The number of para-hydroxylation sites is 2. The van der Waals surface area contributed by atoms with Crippen molar-refractivity contribution in [1.82, 2.24) is 18.9 Å².